The van der Waals surface area contributed by atoms with Crippen LogP contribution in [0.15, 0.2) is 24.8 Å². The van der Waals surface area contributed by atoms with E-state index in [1.165, 1.54) is 25.5 Å². The summed E-state index contributed by atoms with van der Waals surface area (Å²) in [4.78, 5) is 29.5. The zero-order chi connectivity index (χ0) is 23.5. The standard InChI is InChI=1S/C22H23N7O4/c1-10-14(21(32)24-3)18(31)22(33)15(10)17(22)29-9-26-16-19(23-2)27-13(28-20(16)29)5-4-11-6-12(30)8-25-7-11/h6-10,14-15,17-18,30-31,33H,1-3H3,(H,24,32)(H,23,27,28)/t10-,14-,15-,17?,18+,22+/m0/s1. The minimum atomic E-state index is -1.45. The number of imidazole rings is 1. The highest BCUT2D eigenvalue weighted by Gasteiger charge is 2.79. The van der Waals surface area contributed by atoms with Gasteiger partial charge < -0.3 is 30.5 Å². The predicted octanol–water partition coefficient (Wildman–Crippen LogP) is -0.357. The Kier molecular flexibility index (Phi) is 4.73. The first kappa shape index (κ1) is 21.1. The summed E-state index contributed by atoms with van der Waals surface area (Å²) in [6.07, 6.45) is 3.18. The first-order valence-corrected chi connectivity index (χ1v) is 10.5. The Hall–Kier alpha value is -3.75. The zero-order valence-electron chi connectivity index (χ0n) is 18.2. The molecule has 2 saturated carbocycles. The quantitative estimate of drug-likeness (QED) is 0.337. The molecule has 1 amide bonds. The molecule has 170 valence electrons. The molecule has 5 rings (SSSR count). The molecule has 3 aromatic rings. The van der Waals surface area contributed by atoms with Crippen LogP contribution < -0.4 is 10.6 Å². The summed E-state index contributed by atoms with van der Waals surface area (Å²) in [5.74, 6) is 4.88. The number of nitrogens with zero attached hydrogens (tertiary/aromatic N) is 5. The normalized spacial score (nSPS) is 29.8. The highest BCUT2D eigenvalue weighted by atomic mass is 16.4. The van der Waals surface area contributed by atoms with Gasteiger partial charge in [-0.3, -0.25) is 9.78 Å². The fraction of sp³-hybridized carbons (Fsp3) is 0.409. The third-order valence-electron chi connectivity index (χ3n) is 6.74. The Bertz CT molecular complexity index is 1330. The van der Waals surface area contributed by atoms with Crippen LogP contribution in [0.25, 0.3) is 11.2 Å². The van der Waals surface area contributed by atoms with Gasteiger partial charge in [0, 0.05) is 31.8 Å². The van der Waals surface area contributed by atoms with Crippen LogP contribution in [0.4, 0.5) is 5.82 Å². The second kappa shape index (κ2) is 7.40. The summed E-state index contributed by atoms with van der Waals surface area (Å²) in [6.45, 7) is 1.86. The molecule has 11 nitrogen and oxygen atoms in total. The van der Waals surface area contributed by atoms with E-state index in [1.54, 1.807) is 17.9 Å². The maximum Gasteiger partial charge on any atom is 0.225 e. The predicted molar refractivity (Wildman–Crippen MR) is 117 cm³/mol. The molecule has 1 unspecified atom stereocenters. The van der Waals surface area contributed by atoms with E-state index in [1.807, 2.05) is 6.92 Å². The van der Waals surface area contributed by atoms with Gasteiger partial charge in [-0.2, -0.15) is 0 Å². The number of aliphatic hydroxyl groups excluding tert-OH is 1. The summed E-state index contributed by atoms with van der Waals surface area (Å²) in [5, 5.41) is 37.2. The fourth-order valence-corrected chi connectivity index (χ4v) is 5.20. The second-order valence-corrected chi connectivity index (χ2v) is 8.45. The topological polar surface area (TPSA) is 158 Å². The molecule has 33 heavy (non-hydrogen) atoms. The molecule has 0 bridgehead atoms. The van der Waals surface area contributed by atoms with E-state index in [2.05, 4.69) is 42.4 Å². The summed E-state index contributed by atoms with van der Waals surface area (Å²) < 4.78 is 1.73. The molecule has 0 aromatic carbocycles. The third-order valence-corrected chi connectivity index (χ3v) is 6.74. The summed E-state index contributed by atoms with van der Waals surface area (Å²) in [7, 11) is 3.22. The number of hydrogen-bond donors (Lipinski definition) is 5. The minimum absolute atomic E-state index is 0.00316. The Morgan fingerprint density at radius 2 is 2.03 bits per heavy atom. The molecule has 3 heterocycles. The summed E-state index contributed by atoms with van der Waals surface area (Å²) in [5.41, 5.74) is 0.00659. The Labute approximate surface area is 188 Å². The van der Waals surface area contributed by atoms with Crippen LogP contribution in [0.1, 0.15) is 24.4 Å². The van der Waals surface area contributed by atoms with Crippen molar-refractivity contribution >= 4 is 22.9 Å². The van der Waals surface area contributed by atoms with Gasteiger partial charge in [0.05, 0.1) is 30.6 Å². The molecule has 6 atom stereocenters. The van der Waals surface area contributed by atoms with Crippen molar-refractivity contribution in [1.82, 2.24) is 29.8 Å². The van der Waals surface area contributed by atoms with Gasteiger partial charge in [-0.1, -0.05) is 12.8 Å². The van der Waals surface area contributed by atoms with E-state index in [0.717, 1.165) is 0 Å². The molecule has 0 radical (unpaired) electrons. The van der Waals surface area contributed by atoms with Crippen molar-refractivity contribution in [3.8, 4) is 17.6 Å². The number of aromatic nitrogens is 5. The van der Waals surface area contributed by atoms with E-state index in [-0.39, 0.29) is 29.3 Å². The molecule has 0 saturated heterocycles. The van der Waals surface area contributed by atoms with Crippen molar-refractivity contribution in [2.24, 2.45) is 17.8 Å². The smallest absolute Gasteiger partial charge is 0.225 e. The van der Waals surface area contributed by atoms with Crippen molar-refractivity contribution in [3.05, 3.63) is 36.2 Å². The van der Waals surface area contributed by atoms with Gasteiger partial charge in [-0.15, -0.1) is 0 Å². The maximum atomic E-state index is 12.2. The molecule has 2 fully saturated rings. The number of rotatable bonds is 3. The van der Waals surface area contributed by atoms with Crippen molar-refractivity contribution in [1.29, 1.82) is 0 Å². The first-order valence-electron chi connectivity index (χ1n) is 10.5. The Morgan fingerprint density at radius 3 is 2.67 bits per heavy atom. The molecule has 3 aromatic heterocycles. The highest BCUT2D eigenvalue weighted by molar-refractivity contribution is 5.84. The van der Waals surface area contributed by atoms with Crippen molar-refractivity contribution in [2.75, 3.05) is 19.4 Å². The van der Waals surface area contributed by atoms with Gasteiger partial charge in [0.2, 0.25) is 11.7 Å². The number of fused-ring (bicyclic) bond motifs is 2. The molecule has 2 aliphatic carbocycles. The summed E-state index contributed by atoms with van der Waals surface area (Å²) >= 11 is 0. The van der Waals surface area contributed by atoms with Crippen LogP contribution in [-0.4, -0.2) is 71.5 Å². The van der Waals surface area contributed by atoms with Crippen molar-refractivity contribution in [3.63, 3.8) is 0 Å². The molecular formula is C22H23N7O4. The van der Waals surface area contributed by atoms with Crippen molar-refractivity contribution in [2.45, 2.75) is 24.7 Å². The van der Waals surface area contributed by atoms with Crippen LogP contribution in [0.3, 0.4) is 0 Å². The maximum absolute atomic E-state index is 12.2. The van der Waals surface area contributed by atoms with E-state index in [0.29, 0.717) is 22.5 Å². The zero-order valence-corrected chi connectivity index (χ0v) is 18.2. The SMILES string of the molecule is CNC(=O)[C@H]1[C@H](C)[C@H]2C(n3cnc4c(NC)nc(C#Cc5cncc(O)c5)nc43)[C@@]2(O)[C@@H]1O. The lowest BCUT2D eigenvalue weighted by molar-refractivity contribution is -0.132. The van der Waals surface area contributed by atoms with Gasteiger partial charge in [0.15, 0.2) is 17.0 Å². The highest BCUT2D eigenvalue weighted by Crippen LogP contribution is 2.68. The Morgan fingerprint density at radius 1 is 1.24 bits per heavy atom. The number of aliphatic hydroxyl groups is 2. The van der Waals surface area contributed by atoms with Crippen LogP contribution in [0.2, 0.25) is 0 Å². The molecular weight excluding hydrogens is 426 g/mol. The average molecular weight is 449 g/mol. The van der Waals surface area contributed by atoms with Gasteiger partial charge in [-0.25, -0.2) is 15.0 Å². The number of hydrogen-bond acceptors (Lipinski definition) is 9. The minimum Gasteiger partial charge on any atom is -0.506 e. The lowest BCUT2D eigenvalue weighted by Gasteiger charge is -2.25. The van der Waals surface area contributed by atoms with E-state index < -0.39 is 23.7 Å². The fourth-order valence-electron chi connectivity index (χ4n) is 5.20. The van der Waals surface area contributed by atoms with E-state index in [9.17, 15) is 20.1 Å². The molecule has 2 aliphatic rings. The number of carbonyl (C=O) groups excluding carboxylic acids is 1. The molecule has 5 N–H and O–H groups in total. The molecule has 0 aliphatic heterocycles. The number of nitrogens with one attached hydrogen (secondary N) is 2. The lowest BCUT2D eigenvalue weighted by Crippen LogP contribution is -2.43. The largest absolute Gasteiger partial charge is 0.506 e. The van der Waals surface area contributed by atoms with E-state index in [4.69, 9.17) is 0 Å². The van der Waals surface area contributed by atoms with Gasteiger partial charge in [0.25, 0.3) is 0 Å². The number of amides is 1. The van der Waals surface area contributed by atoms with Gasteiger partial charge >= 0.3 is 0 Å². The third kappa shape index (κ3) is 3.02. The number of carbonyl (C=O) groups is 1. The van der Waals surface area contributed by atoms with E-state index >= 15 is 0 Å². The van der Waals surface area contributed by atoms with Gasteiger partial charge in [0.1, 0.15) is 11.4 Å². The van der Waals surface area contributed by atoms with Crippen molar-refractivity contribution < 1.29 is 20.1 Å². The van der Waals surface area contributed by atoms with Crippen LogP contribution in [0, 0.1) is 29.6 Å². The first-order chi connectivity index (χ1) is 15.8. The van der Waals surface area contributed by atoms with Gasteiger partial charge in [-0.05, 0) is 17.9 Å². The Balaban J connectivity index is 1.54. The number of anilines is 1. The molecule has 0 spiro atoms. The summed E-state index contributed by atoms with van der Waals surface area (Å²) in [6, 6.07) is 0.998. The number of aromatic hydroxyl groups is 1. The van der Waals surface area contributed by atoms with Crippen LogP contribution in [0.5, 0.6) is 5.75 Å². The number of pyridine rings is 1. The monoisotopic (exact) mass is 449 g/mol. The van der Waals surface area contributed by atoms with Crippen LogP contribution >= 0.6 is 0 Å². The lowest BCUT2D eigenvalue weighted by atomic mass is 9.89. The van der Waals surface area contributed by atoms with Crippen LogP contribution in [-0.2, 0) is 4.79 Å². The molecule has 11 heteroatoms. The second-order valence-electron chi connectivity index (χ2n) is 8.45. The average Bonchev–Trinajstić information content (AvgIpc) is 3.12.